The first-order valence-corrected chi connectivity index (χ1v) is 10.00. The summed E-state index contributed by atoms with van der Waals surface area (Å²) in [6, 6.07) is 10.0. The Morgan fingerprint density at radius 2 is 1.69 bits per heavy atom. The summed E-state index contributed by atoms with van der Waals surface area (Å²) in [6.45, 7) is 2.77. The van der Waals surface area contributed by atoms with Gasteiger partial charge in [-0.25, -0.2) is 12.8 Å². The summed E-state index contributed by atoms with van der Waals surface area (Å²) in [6.07, 6.45) is 2.79. The number of nitrogens with zero attached hydrogens (tertiary/aromatic N) is 1. The van der Waals surface area contributed by atoms with Gasteiger partial charge in [-0.2, -0.15) is 4.31 Å². The first-order valence-electron chi connectivity index (χ1n) is 8.55. The standard InChI is InChI=1S/C19H21FN2O3S/c1-14-13-16(20)7-10-18(14)21-19(23)15-5-8-17(9-6-15)26(24,25)22-11-3-2-4-12-22/h5-10,13H,2-4,11-12H2,1H3,(H,21,23). The minimum absolute atomic E-state index is 0.189. The van der Waals surface area contributed by atoms with Crippen LogP contribution in [0.4, 0.5) is 10.1 Å². The second-order valence-corrected chi connectivity index (χ2v) is 8.34. The molecule has 1 saturated heterocycles. The molecule has 0 radical (unpaired) electrons. The van der Waals surface area contributed by atoms with Crippen LogP contribution >= 0.6 is 0 Å². The van der Waals surface area contributed by atoms with Gasteiger partial charge < -0.3 is 5.32 Å². The van der Waals surface area contributed by atoms with Crippen molar-refractivity contribution in [3.05, 3.63) is 59.4 Å². The molecule has 2 aromatic carbocycles. The van der Waals surface area contributed by atoms with Crippen molar-refractivity contribution < 1.29 is 17.6 Å². The Hall–Kier alpha value is -2.25. The quantitative estimate of drug-likeness (QED) is 0.887. The highest BCUT2D eigenvalue weighted by Crippen LogP contribution is 2.22. The maximum atomic E-state index is 13.1. The minimum Gasteiger partial charge on any atom is -0.322 e. The molecule has 0 unspecified atom stereocenters. The van der Waals surface area contributed by atoms with E-state index in [-0.39, 0.29) is 16.6 Å². The maximum Gasteiger partial charge on any atom is 0.255 e. The number of hydrogen-bond donors (Lipinski definition) is 1. The maximum absolute atomic E-state index is 13.1. The number of carbonyl (C=O) groups is 1. The van der Waals surface area contributed by atoms with Gasteiger partial charge in [-0.1, -0.05) is 6.42 Å². The van der Waals surface area contributed by atoms with E-state index >= 15 is 0 Å². The molecule has 1 heterocycles. The Bertz CT molecular complexity index is 905. The number of aryl methyl sites for hydroxylation is 1. The molecule has 1 fully saturated rings. The fourth-order valence-corrected chi connectivity index (χ4v) is 4.51. The number of amides is 1. The van der Waals surface area contributed by atoms with Crippen molar-refractivity contribution in [2.75, 3.05) is 18.4 Å². The summed E-state index contributed by atoms with van der Waals surface area (Å²) < 4.78 is 39.9. The van der Waals surface area contributed by atoms with E-state index in [0.717, 1.165) is 19.3 Å². The molecule has 0 saturated carbocycles. The van der Waals surface area contributed by atoms with Crippen LogP contribution in [0.3, 0.4) is 0 Å². The van der Waals surface area contributed by atoms with Crippen LogP contribution < -0.4 is 5.32 Å². The van der Waals surface area contributed by atoms with Crippen LogP contribution in [-0.2, 0) is 10.0 Å². The van der Waals surface area contributed by atoms with Crippen molar-refractivity contribution in [3.63, 3.8) is 0 Å². The van der Waals surface area contributed by atoms with Gasteiger partial charge in [0, 0.05) is 24.3 Å². The fourth-order valence-electron chi connectivity index (χ4n) is 2.99. The highest BCUT2D eigenvalue weighted by Gasteiger charge is 2.25. The van der Waals surface area contributed by atoms with Crippen LogP contribution in [-0.4, -0.2) is 31.7 Å². The summed E-state index contributed by atoms with van der Waals surface area (Å²) in [4.78, 5) is 12.5. The lowest BCUT2D eigenvalue weighted by Crippen LogP contribution is -2.35. The smallest absolute Gasteiger partial charge is 0.255 e. The first kappa shape index (κ1) is 18.5. The van der Waals surface area contributed by atoms with Gasteiger partial charge in [0.25, 0.3) is 5.91 Å². The number of piperidine rings is 1. The Morgan fingerprint density at radius 1 is 1.04 bits per heavy atom. The van der Waals surface area contributed by atoms with Crippen LogP contribution in [0.1, 0.15) is 35.2 Å². The van der Waals surface area contributed by atoms with E-state index in [4.69, 9.17) is 0 Å². The SMILES string of the molecule is Cc1cc(F)ccc1NC(=O)c1ccc(S(=O)(=O)N2CCCCC2)cc1. The van der Waals surface area contributed by atoms with Crippen molar-refractivity contribution in [2.45, 2.75) is 31.1 Å². The van der Waals surface area contributed by atoms with Gasteiger partial charge in [-0.05, 0) is 67.8 Å². The molecular weight excluding hydrogens is 355 g/mol. The third kappa shape index (κ3) is 3.94. The molecule has 3 rings (SSSR count). The lowest BCUT2D eigenvalue weighted by molar-refractivity contribution is 0.102. The molecule has 1 amide bonds. The third-order valence-corrected chi connectivity index (χ3v) is 6.42. The molecule has 138 valence electrons. The van der Waals surface area contributed by atoms with Crippen LogP contribution in [0, 0.1) is 12.7 Å². The third-order valence-electron chi connectivity index (χ3n) is 4.51. The van der Waals surface area contributed by atoms with Gasteiger partial charge in [-0.15, -0.1) is 0 Å². The molecule has 0 atom stereocenters. The lowest BCUT2D eigenvalue weighted by atomic mass is 10.1. The number of benzene rings is 2. The summed E-state index contributed by atoms with van der Waals surface area (Å²) >= 11 is 0. The monoisotopic (exact) mass is 376 g/mol. The van der Waals surface area contributed by atoms with Gasteiger partial charge in [0.2, 0.25) is 10.0 Å². The normalized spacial score (nSPS) is 15.6. The predicted octanol–water partition coefficient (Wildman–Crippen LogP) is 3.56. The summed E-state index contributed by atoms with van der Waals surface area (Å²) in [7, 11) is -3.51. The molecule has 1 aliphatic heterocycles. The van der Waals surface area contributed by atoms with Gasteiger partial charge in [0.15, 0.2) is 0 Å². The van der Waals surface area contributed by atoms with Crippen molar-refractivity contribution >= 4 is 21.6 Å². The highest BCUT2D eigenvalue weighted by molar-refractivity contribution is 7.89. The van der Waals surface area contributed by atoms with Crippen LogP contribution in [0.2, 0.25) is 0 Å². The topological polar surface area (TPSA) is 66.5 Å². The van der Waals surface area contributed by atoms with Crippen molar-refractivity contribution in [1.82, 2.24) is 4.31 Å². The summed E-state index contributed by atoms with van der Waals surface area (Å²) in [5.41, 5.74) is 1.47. The van der Waals surface area contributed by atoms with Crippen LogP contribution in [0.15, 0.2) is 47.4 Å². The first-order chi connectivity index (χ1) is 12.4. The van der Waals surface area contributed by atoms with Crippen LogP contribution in [0.25, 0.3) is 0 Å². The predicted molar refractivity (Wildman–Crippen MR) is 98.1 cm³/mol. The van der Waals surface area contributed by atoms with E-state index in [2.05, 4.69) is 5.32 Å². The minimum atomic E-state index is -3.51. The van der Waals surface area contributed by atoms with Crippen molar-refractivity contribution in [2.24, 2.45) is 0 Å². The van der Waals surface area contributed by atoms with E-state index in [9.17, 15) is 17.6 Å². The Kier molecular flexibility index (Phi) is 5.38. The zero-order valence-corrected chi connectivity index (χ0v) is 15.4. The van der Waals surface area contributed by atoms with Gasteiger partial charge >= 0.3 is 0 Å². The van der Waals surface area contributed by atoms with Crippen LogP contribution in [0.5, 0.6) is 0 Å². The molecule has 7 heteroatoms. The molecule has 0 bridgehead atoms. The summed E-state index contributed by atoms with van der Waals surface area (Å²) in [5, 5.41) is 2.71. The molecule has 1 aliphatic rings. The average Bonchev–Trinajstić information content (AvgIpc) is 2.65. The molecule has 0 aliphatic carbocycles. The van der Waals surface area contributed by atoms with E-state index in [1.54, 1.807) is 6.92 Å². The molecular formula is C19H21FN2O3S. The molecule has 5 nitrogen and oxygen atoms in total. The summed E-state index contributed by atoms with van der Waals surface area (Å²) in [5.74, 6) is -0.741. The Labute approximate surface area is 152 Å². The number of sulfonamides is 1. The van der Waals surface area contributed by atoms with Gasteiger partial charge in [0.1, 0.15) is 5.82 Å². The zero-order valence-electron chi connectivity index (χ0n) is 14.5. The largest absolute Gasteiger partial charge is 0.322 e. The Balaban J connectivity index is 1.75. The van der Waals surface area contributed by atoms with Crippen molar-refractivity contribution in [1.29, 1.82) is 0 Å². The molecule has 0 aromatic heterocycles. The lowest BCUT2D eigenvalue weighted by Gasteiger charge is -2.25. The highest BCUT2D eigenvalue weighted by atomic mass is 32.2. The Morgan fingerprint density at radius 3 is 2.31 bits per heavy atom. The second-order valence-electron chi connectivity index (χ2n) is 6.40. The van der Waals surface area contributed by atoms with E-state index in [1.165, 1.54) is 46.8 Å². The van der Waals surface area contributed by atoms with E-state index < -0.39 is 10.0 Å². The number of nitrogens with one attached hydrogen (secondary N) is 1. The number of rotatable bonds is 4. The molecule has 2 aromatic rings. The number of carbonyl (C=O) groups excluding carboxylic acids is 1. The van der Waals surface area contributed by atoms with Crippen molar-refractivity contribution in [3.8, 4) is 0 Å². The molecule has 1 N–H and O–H groups in total. The van der Waals surface area contributed by atoms with E-state index in [1.807, 2.05) is 0 Å². The zero-order chi connectivity index (χ0) is 18.7. The number of halogens is 1. The molecule has 0 spiro atoms. The number of hydrogen-bond acceptors (Lipinski definition) is 3. The molecule has 26 heavy (non-hydrogen) atoms. The average molecular weight is 376 g/mol. The fraction of sp³-hybridized carbons (Fsp3) is 0.316. The second kappa shape index (κ2) is 7.55. The van der Waals surface area contributed by atoms with Gasteiger partial charge in [-0.3, -0.25) is 4.79 Å². The number of anilines is 1. The van der Waals surface area contributed by atoms with E-state index in [0.29, 0.717) is 29.9 Å². The van der Waals surface area contributed by atoms with Gasteiger partial charge in [0.05, 0.1) is 4.90 Å².